The van der Waals surface area contributed by atoms with Crippen molar-refractivity contribution in [1.82, 2.24) is 19.5 Å². The van der Waals surface area contributed by atoms with Gasteiger partial charge in [0.15, 0.2) is 0 Å². The number of halogens is 2. The molecule has 0 atom stereocenters. The molecule has 1 N–H and O–H groups in total. The largest absolute Gasteiger partial charge is 0.290 e. The van der Waals surface area contributed by atoms with Crippen LogP contribution in [-0.2, 0) is 10.0 Å². The summed E-state index contributed by atoms with van der Waals surface area (Å²) in [4.78, 5) is 11.1. The van der Waals surface area contributed by atoms with Gasteiger partial charge in [-0.15, -0.1) is 0 Å². The van der Waals surface area contributed by atoms with E-state index in [9.17, 15) is 17.2 Å². The Morgan fingerprint density at radius 3 is 2.43 bits per heavy atom. The summed E-state index contributed by atoms with van der Waals surface area (Å²) in [6, 6.07) is 3.36. The molecular formula is C13H9F2N5O2S. The minimum absolute atomic E-state index is 0.0478. The van der Waals surface area contributed by atoms with Crippen LogP contribution in [0.4, 0.5) is 14.6 Å². The quantitative estimate of drug-likeness (QED) is 0.783. The topological polar surface area (TPSA) is 89.8 Å². The van der Waals surface area contributed by atoms with Crippen molar-refractivity contribution in [2.24, 2.45) is 0 Å². The predicted octanol–water partition coefficient (Wildman–Crippen LogP) is 1.74. The first-order chi connectivity index (χ1) is 10.9. The highest BCUT2D eigenvalue weighted by atomic mass is 32.2. The molecule has 7 nitrogen and oxygen atoms in total. The van der Waals surface area contributed by atoms with Crippen LogP contribution in [0.15, 0.2) is 54.2 Å². The smallest absolute Gasteiger partial charge is 0.263 e. The molecule has 3 rings (SSSR count). The van der Waals surface area contributed by atoms with Crippen LogP contribution in [-0.4, -0.2) is 27.9 Å². The maximum absolute atomic E-state index is 13.2. The zero-order chi connectivity index (χ0) is 16.4. The number of anilines is 1. The van der Waals surface area contributed by atoms with Gasteiger partial charge in [0.1, 0.15) is 35.9 Å². The van der Waals surface area contributed by atoms with E-state index in [0.29, 0.717) is 24.0 Å². The van der Waals surface area contributed by atoms with Gasteiger partial charge >= 0.3 is 0 Å². The van der Waals surface area contributed by atoms with Crippen LogP contribution in [0.25, 0.3) is 5.82 Å². The van der Waals surface area contributed by atoms with Gasteiger partial charge in [0.05, 0.1) is 4.90 Å². The second-order valence-electron chi connectivity index (χ2n) is 4.44. The van der Waals surface area contributed by atoms with Gasteiger partial charge in [-0.2, -0.15) is 0 Å². The average Bonchev–Trinajstić information content (AvgIpc) is 3.00. The maximum Gasteiger partial charge on any atom is 0.263 e. The van der Waals surface area contributed by atoms with Gasteiger partial charge in [0.25, 0.3) is 10.0 Å². The predicted molar refractivity (Wildman–Crippen MR) is 76.3 cm³/mol. The Morgan fingerprint density at radius 2 is 1.78 bits per heavy atom. The highest BCUT2D eigenvalue weighted by Gasteiger charge is 2.17. The van der Waals surface area contributed by atoms with E-state index in [1.54, 1.807) is 10.8 Å². The third kappa shape index (κ3) is 3.31. The van der Waals surface area contributed by atoms with Crippen LogP contribution in [0.3, 0.4) is 0 Å². The Bertz CT molecular complexity index is 925. The number of hydrogen-bond donors (Lipinski definition) is 1. The van der Waals surface area contributed by atoms with Gasteiger partial charge in [0, 0.05) is 24.5 Å². The molecule has 2 aromatic heterocycles. The Kier molecular flexibility index (Phi) is 3.74. The fraction of sp³-hybridized carbons (Fsp3) is 0. The molecule has 0 radical (unpaired) electrons. The molecular weight excluding hydrogens is 328 g/mol. The minimum atomic E-state index is -4.19. The first-order valence-electron chi connectivity index (χ1n) is 6.23. The molecule has 0 unspecified atom stereocenters. The molecule has 1 aromatic carbocycles. The molecule has 0 spiro atoms. The summed E-state index contributed by atoms with van der Waals surface area (Å²) in [5.41, 5.74) is 0. The van der Waals surface area contributed by atoms with E-state index in [-0.39, 0.29) is 5.82 Å². The van der Waals surface area contributed by atoms with Crippen molar-refractivity contribution in [3.05, 3.63) is 60.9 Å². The van der Waals surface area contributed by atoms with E-state index >= 15 is 0 Å². The molecule has 0 bridgehead atoms. The Balaban J connectivity index is 1.93. The monoisotopic (exact) mass is 337 g/mol. The molecule has 23 heavy (non-hydrogen) atoms. The Morgan fingerprint density at radius 1 is 1.04 bits per heavy atom. The van der Waals surface area contributed by atoms with Crippen molar-refractivity contribution in [2.75, 3.05) is 4.72 Å². The molecule has 2 heterocycles. The lowest BCUT2D eigenvalue weighted by Gasteiger charge is -2.08. The van der Waals surface area contributed by atoms with E-state index in [4.69, 9.17) is 0 Å². The van der Waals surface area contributed by atoms with Crippen molar-refractivity contribution in [3.8, 4) is 5.82 Å². The average molecular weight is 337 g/mol. The fourth-order valence-corrected chi connectivity index (χ4v) is 2.86. The molecule has 0 aliphatic rings. The Hall–Kier alpha value is -2.88. The van der Waals surface area contributed by atoms with Crippen molar-refractivity contribution < 1.29 is 17.2 Å². The second kappa shape index (κ2) is 5.72. The number of aromatic nitrogens is 4. The van der Waals surface area contributed by atoms with Crippen LogP contribution in [0.2, 0.25) is 0 Å². The number of imidazole rings is 1. The van der Waals surface area contributed by atoms with Crippen LogP contribution in [0, 0.1) is 11.6 Å². The number of benzene rings is 1. The summed E-state index contributed by atoms with van der Waals surface area (Å²) in [5, 5.41) is 0. The van der Waals surface area contributed by atoms with Crippen molar-refractivity contribution in [2.45, 2.75) is 4.90 Å². The van der Waals surface area contributed by atoms with E-state index in [1.165, 1.54) is 18.6 Å². The van der Waals surface area contributed by atoms with Crippen LogP contribution < -0.4 is 4.72 Å². The zero-order valence-corrected chi connectivity index (χ0v) is 12.2. The van der Waals surface area contributed by atoms with Crippen LogP contribution in [0.1, 0.15) is 0 Å². The molecule has 0 aliphatic heterocycles. The third-order valence-electron chi connectivity index (χ3n) is 2.81. The van der Waals surface area contributed by atoms with E-state index < -0.39 is 26.6 Å². The van der Waals surface area contributed by atoms with Crippen LogP contribution >= 0.6 is 0 Å². The number of sulfonamides is 1. The fourth-order valence-electron chi connectivity index (χ4n) is 1.82. The van der Waals surface area contributed by atoms with Gasteiger partial charge in [0.2, 0.25) is 0 Å². The summed E-state index contributed by atoms with van der Waals surface area (Å²) in [7, 11) is -4.19. The first kappa shape index (κ1) is 15.0. The van der Waals surface area contributed by atoms with E-state index in [2.05, 4.69) is 19.7 Å². The lowest BCUT2D eigenvalue weighted by atomic mass is 10.3. The first-order valence-corrected chi connectivity index (χ1v) is 7.72. The molecule has 0 aliphatic carbocycles. The molecule has 0 amide bonds. The van der Waals surface area contributed by atoms with Gasteiger partial charge in [-0.05, 0) is 12.1 Å². The van der Waals surface area contributed by atoms with Gasteiger partial charge in [-0.1, -0.05) is 0 Å². The van der Waals surface area contributed by atoms with E-state index in [0.717, 1.165) is 6.33 Å². The number of hydrogen-bond acceptors (Lipinski definition) is 5. The van der Waals surface area contributed by atoms with Gasteiger partial charge in [-0.25, -0.2) is 32.2 Å². The summed E-state index contributed by atoms with van der Waals surface area (Å²) in [5.74, 6) is -1.66. The highest BCUT2D eigenvalue weighted by Crippen LogP contribution is 2.18. The van der Waals surface area contributed by atoms with Crippen molar-refractivity contribution in [3.63, 3.8) is 0 Å². The normalized spacial score (nSPS) is 11.4. The molecule has 10 heteroatoms. The van der Waals surface area contributed by atoms with Crippen molar-refractivity contribution in [1.29, 1.82) is 0 Å². The SMILES string of the molecule is O=S(=O)(Nc1cc(-n2ccnc2)ncn1)c1cc(F)cc(F)c1. The summed E-state index contributed by atoms with van der Waals surface area (Å²) in [6.45, 7) is 0. The maximum atomic E-state index is 13.2. The number of nitrogens with one attached hydrogen (secondary N) is 1. The van der Waals surface area contributed by atoms with Crippen molar-refractivity contribution >= 4 is 15.8 Å². The summed E-state index contributed by atoms with van der Waals surface area (Å²) < 4.78 is 54.4. The molecule has 118 valence electrons. The summed E-state index contributed by atoms with van der Waals surface area (Å²) >= 11 is 0. The van der Waals surface area contributed by atoms with Crippen LogP contribution in [0.5, 0.6) is 0 Å². The lowest BCUT2D eigenvalue weighted by molar-refractivity contribution is 0.568. The zero-order valence-electron chi connectivity index (χ0n) is 11.4. The molecule has 0 fully saturated rings. The second-order valence-corrected chi connectivity index (χ2v) is 6.12. The minimum Gasteiger partial charge on any atom is -0.290 e. The summed E-state index contributed by atoms with van der Waals surface area (Å²) in [6.07, 6.45) is 5.77. The standard InChI is InChI=1S/C13H9F2N5O2S/c14-9-3-10(15)5-11(4-9)23(21,22)19-12-6-13(18-7-17-12)20-2-1-16-8-20/h1-8H,(H,17,18,19). The lowest BCUT2D eigenvalue weighted by Crippen LogP contribution is -2.15. The van der Waals surface area contributed by atoms with Gasteiger partial charge < -0.3 is 0 Å². The molecule has 3 aromatic rings. The Labute approximate surface area is 129 Å². The highest BCUT2D eigenvalue weighted by molar-refractivity contribution is 7.92. The molecule has 0 saturated carbocycles. The third-order valence-corrected chi connectivity index (χ3v) is 4.14. The van der Waals surface area contributed by atoms with Gasteiger partial charge in [-0.3, -0.25) is 9.29 Å². The number of nitrogens with zero attached hydrogens (tertiary/aromatic N) is 4. The number of rotatable bonds is 4. The molecule has 0 saturated heterocycles. The van der Waals surface area contributed by atoms with E-state index in [1.807, 2.05) is 0 Å².